The molecule has 0 spiro atoms. The van der Waals surface area contributed by atoms with Crippen molar-refractivity contribution in [3.8, 4) is 0 Å². The second-order valence-electron chi connectivity index (χ2n) is 4.47. The van der Waals surface area contributed by atoms with Crippen molar-refractivity contribution < 1.29 is 9.52 Å². The van der Waals surface area contributed by atoms with Crippen LogP contribution in [0.25, 0.3) is 11.1 Å². The quantitative estimate of drug-likeness (QED) is 0.729. The molecule has 2 aromatic heterocycles. The molecule has 1 aromatic carbocycles. The van der Waals surface area contributed by atoms with E-state index in [-0.39, 0.29) is 6.61 Å². The van der Waals surface area contributed by atoms with Gasteiger partial charge in [-0.1, -0.05) is 5.21 Å². The van der Waals surface area contributed by atoms with Crippen molar-refractivity contribution in [2.24, 2.45) is 0 Å². The maximum Gasteiger partial charge on any atom is 0.192 e. The standard InChI is InChI=1S/C13H15N5O2/c1-9-15-12-6-10(2-3-13(12)20-9)14-7-11-8-18(4-5-19)17-16-11/h2-3,6,8,14,19H,4-5,7H2,1H3. The number of rotatable bonds is 5. The summed E-state index contributed by atoms with van der Waals surface area (Å²) in [6.45, 7) is 2.90. The molecule has 0 fully saturated rings. The van der Waals surface area contributed by atoms with E-state index in [2.05, 4.69) is 20.6 Å². The molecular weight excluding hydrogens is 258 g/mol. The van der Waals surface area contributed by atoms with Gasteiger partial charge in [-0.25, -0.2) is 9.67 Å². The summed E-state index contributed by atoms with van der Waals surface area (Å²) in [7, 11) is 0. The minimum absolute atomic E-state index is 0.0540. The van der Waals surface area contributed by atoms with E-state index in [1.807, 2.05) is 31.3 Å². The molecule has 20 heavy (non-hydrogen) atoms. The van der Waals surface area contributed by atoms with E-state index >= 15 is 0 Å². The molecule has 104 valence electrons. The van der Waals surface area contributed by atoms with Gasteiger partial charge in [0.25, 0.3) is 0 Å². The van der Waals surface area contributed by atoms with E-state index in [4.69, 9.17) is 9.52 Å². The van der Waals surface area contributed by atoms with Crippen molar-refractivity contribution in [3.05, 3.63) is 36.0 Å². The number of fused-ring (bicyclic) bond motifs is 1. The number of oxazole rings is 1. The van der Waals surface area contributed by atoms with Gasteiger partial charge in [0.15, 0.2) is 11.5 Å². The maximum absolute atomic E-state index is 8.82. The van der Waals surface area contributed by atoms with Gasteiger partial charge in [0, 0.05) is 12.6 Å². The van der Waals surface area contributed by atoms with Gasteiger partial charge in [-0.2, -0.15) is 0 Å². The van der Waals surface area contributed by atoms with Crippen LogP contribution in [0.2, 0.25) is 0 Å². The van der Waals surface area contributed by atoms with Gasteiger partial charge < -0.3 is 14.8 Å². The van der Waals surface area contributed by atoms with Crippen molar-refractivity contribution in [2.75, 3.05) is 11.9 Å². The highest BCUT2D eigenvalue weighted by atomic mass is 16.3. The number of anilines is 1. The molecule has 0 radical (unpaired) electrons. The first-order valence-electron chi connectivity index (χ1n) is 6.35. The Labute approximate surface area is 115 Å². The molecule has 7 heteroatoms. The molecule has 0 aliphatic rings. The minimum Gasteiger partial charge on any atom is -0.441 e. The normalized spacial score (nSPS) is 11.1. The maximum atomic E-state index is 8.82. The largest absolute Gasteiger partial charge is 0.441 e. The van der Waals surface area contributed by atoms with Crippen LogP contribution in [0.5, 0.6) is 0 Å². The molecule has 0 aliphatic heterocycles. The number of hydrogen-bond acceptors (Lipinski definition) is 6. The zero-order valence-electron chi connectivity index (χ0n) is 11.1. The number of aryl methyl sites for hydroxylation is 1. The fraction of sp³-hybridized carbons (Fsp3) is 0.308. The summed E-state index contributed by atoms with van der Waals surface area (Å²) in [6, 6.07) is 5.76. The number of nitrogens with one attached hydrogen (secondary N) is 1. The first kappa shape index (κ1) is 12.6. The highest BCUT2D eigenvalue weighted by Crippen LogP contribution is 2.19. The lowest BCUT2D eigenvalue weighted by atomic mass is 10.3. The summed E-state index contributed by atoms with van der Waals surface area (Å²) in [5, 5.41) is 20.0. The molecule has 2 heterocycles. The lowest BCUT2D eigenvalue weighted by Gasteiger charge is -2.03. The van der Waals surface area contributed by atoms with E-state index in [9.17, 15) is 0 Å². The SMILES string of the molecule is Cc1nc2cc(NCc3cn(CCO)nn3)ccc2o1. The third kappa shape index (κ3) is 2.62. The molecule has 0 unspecified atom stereocenters. The average molecular weight is 273 g/mol. The van der Waals surface area contributed by atoms with Crippen molar-refractivity contribution in [1.29, 1.82) is 0 Å². The zero-order valence-corrected chi connectivity index (χ0v) is 11.1. The van der Waals surface area contributed by atoms with Gasteiger partial charge in [0.2, 0.25) is 0 Å². The zero-order chi connectivity index (χ0) is 13.9. The highest BCUT2D eigenvalue weighted by molar-refractivity contribution is 5.77. The molecule has 0 saturated carbocycles. The van der Waals surface area contributed by atoms with E-state index in [1.165, 1.54) is 0 Å². The van der Waals surface area contributed by atoms with Crippen LogP contribution in [0.15, 0.2) is 28.8 Å². The number of benzene rings is 1. The number of aliphatic hydroxyl groups is 1. The van der Waals surface area contributed by atoms with Crippen LogP contribution < -0.4 is 5.32 Å². The third-order valence-corrected chi connectivity index (χ3v) is 2.88. The molecular formula is C13H15N5O2. The number of nitrogens with zero attached hydrogens (tertiary/aromatic N) is 4. The van der Waals surface area contributed by atoms with E-state index < -0.39 is 0 Å². The Morgan fingerprint density at radius 3 is 3.15 bits per heavy atom. The minimum atomic E-state index is 0.0540. The van der Waals surface area contributed by atoms with Gasteiger partial charge in [0.1, 0.15) is 11.2 Å². The average Bonchev–Trinajstić information content (AvgIpc) is 3.01. The molecule has 0 saturated heterocycles. The summed E-state index contributed by atoms with van der Waals surface area (Å²) in [4.78, 5) is 4.29. The fourth-order valence-electron chi connectivity index (χ4n) is 1.98. The second-order valence-corrected chi connectivity index (χ2v) is 4.47. The van der Waals surface area contributed by atoms with Crippen LogP contribution in [0.3, 0.4) is 0 Å². The molecule has 0 aliphatic carbocycles. The topological polar surface area (TPSA) is 89.0 Å². The van der Waals surface area contributed by atoms with Crippen molar-refractivity contribution >= 4 is 16.8 Å². The Balaban J connectivity index is 1.69. The monoisotopic (exact) mass is 273 g/mol. The van der Waals surface area contributed by atoms with Gasteiger partial charge in [0.05, 0.1) is 25.9 Å². The predicted octanol–water partition coefficient (Wildman–Crippen LogP) is 1.33. The predicted molar refractivity (Wildman–Crippen MR) is 73.2 cm³/mol. The lowest BCUT2D eigenvalue weighted by molar-refractivity contribution is 0.268. The first-order chi connectivity index (χ1) is 9.74. The number of hydrogen-bond donors (Lipinski definition) is 2. The Morgan fingerprint density at radius 2 is 2.30 bits per heavy atom. The van der Waals surface area contributed by atoms with Crippen molar-refractivity contribution in [2.45, 2.75) is 20.0 Å². The van der Waals surface area contributed by atoms with Crippen molar-refractivity contribution in [1.82, 2.24) is 20.0 Å². The summed E-state index contributed by atoms with van der Waals surface area (Å²) in [6.07, 6.45) is 1.81. The first-order valence-corrected chi connectivity index (χ1v) is 6.35. The van der Waals surface area contributed by atoms with Crippen LogP contribution in [-0.4, -0.2) is 31.7 Å². The number of aliphatic hydroxyl groups excluding tert-OH is 1. The van der Waals surface area contributed by atoms with Gasteiger partial charge in [-0.05, 0) is 18.2 Å². The lowest BCUT2D eigenvalue weighted by Crippen LogP contribution is -2.02. The smallest absolute Gasteiger partial charge is 0.192 e. The summed E-state index contributed by atoms with van der Waals surface area (Å²) >= 11 is 0. The van der Waals surface area contributed by atoms with Gasteiger partial charge in [-0.15, -0.1) is 5.10 Å². The van der Waals surface area contributed by atoms with E-state index in [0.29, 0.717) is 19.0 Å². The highest BCUT2D eigenvalue weighted by Gasteiger charge is 2.04. The second kappa shape index (κ2) is 5.30. The summed E-state index contributed by atoms with van der Waals surface area (Å²) in [5.74, 6) is 0.657. The fourth-order valence-corrected chi connectivity index (χ4v) is 1.98. The molecule has 3 rings (SSSR count). The summed E-state index contributed by atoms with van der Waals surface area (Å²) < 4.78 is 7.04. The van der Waals surface area contributed by atoms with Crippen LogP contribution in [0, 0.1) is 6.92 Å². The molecule has 0 bridgehead atoms. The van der Waals surface area contributed by atoms with Crippen LogP contribution in [0.1, 0.15) is 11.6 Å². The van der Waals surface area contributed by atoms with E-state index in [0.717, 1.165) is 22.5 Å². The van der Waals surface area contributed by atoms with Crippen LogP contribution in [0.4, 0.5) is 5.69 Å². The molecule has 0 atom stereocenters. The Bertz CT molecular complexity index is 718. The van der Waals surface area contributed by atoms with Crippen LogP contribution in [-0.2, 0) is 13.1 Å². The van der Waals surface area contributed by atoms with Crippen molar-refractivity contribution in [3.63, 3.8) is 0 Å². The molecule has 0 amide bonds. The molecule has 2 N–H and O–H groups in total. The Kier molecular flexibility index (Phi) is 3.34. The van der Waals surface area contributed by atoms with Crippen LogP contribution >= 0.6 is 0 Å². The Hall–Kier alpha value is -2.41. The Morgan fingerprint density at radius 1 is 1.40 bits per heavy atom. The van der Waals surface area contributed by atoms with E-state index in [1.54, 1.807) is 4.68 Å². The number of aromatic nitrogens is 4. The third-order valence-electron chi connectivity index (χ3n) is 2.88. The van der Waals surface area contributed by atoms with Gasteiger partial charge in [-0.3, -0.25) is 0 Å². The molecule has 3 aromatic rings. The summed E-state index contributed by atoms with van der Waals surface area (Å²) in [5.41, 5.74) is 3.37. The van der Waals surface area contributed by atoms with Gasteiger partial charge >= 0.3 is 0 Å². The molecule has 7 nitrogen and oxygen atoms in total.